The van der Waals surface area contributed by atoms with Gasteiger partial charge in [0.05, 0.1) is 22.4 Å². The molecular weight excluding hydrogens is 711 g/mol. The Balaban J connectivity index is 1.15. The van der Waals surface area contributed by atoms with E-state index in [9.17, 15) is 0 Å². The SMILES string of the molecule is c1ccc(-c2nc(-c3cccc(-n4c5ccccc5c5ccc6c7ccccc7oc6c54)c3)nc3c2[Si](c2ccccc2)(c2ccccc2)c2ccccc2-3)cc1. The van der Waals surface area contributed by atoms with Gasteiger partial charge in [0.15, 0.2) is 19.5 Å². The smallest absolute Gasteiger partial charge is 0.185 e. The molecule has 0 atom stereocenters. The van der Waals surface area contributed by atoms with Crippen molar-refractivity contribution in [2.24, 2.45) is 0 Å². The fourth-order valence-electron chi connectivity index (χ4n) is 9.52. The van der Waals surface area contributed by atoms with Crippen molar-refractivity contribution in [3.8, 4) is 39.6 Å². The molecule has 0 radical (unpaired) electrons. The molecule has 57 heavy (non-hydrogen) atoms. The molecule has 0 amide bonds. The molecule has 12 rings (SSSR count). The summed E-state index contributed by atoms with van der Waals surface area (Å²) in [5.74, 6) is 0.699. The summed E-state index contributed by atoms with van der Waals surface area (Å²) in [5, 5.41) is 9.78. The molecule has 4 heterocycles. The Labute approximate surface area is 330 Å². The number of furan rings is 1. The van der Waals surface area contributed by atoms with Gasteiger partial charge in [0, 0.05) is 49.1 Å². The van der Waals surface area contributed by atoms with Gasteiger partial charge in [-0.15, -0.1) is 0 Å². The minimum absolute atomic E-state index is 0.699. The lowest BCUT2D eigenvalue weighted by Gasteiger charge is -2.32. The van der Waals surface area contributed by atoms with Crippen molar-refractivity contribution >= 4 is 72.6 Å². The first kappa shape index (κ1) is 32.0. The van der Waals surface area contributed by atoms with Crippen LogP contribution in [0.3, 0.4) is 0 Å². The number of hydrogen-bond donors (Lipinski definition) is 0. The van der Waals surface area contributed by atoms with Gasteiger partial charge in [0.2, 0.25) is 0 Å². The maximum absolute atomic E-state index is 6.67. The third-order valence-corrected chi connectivity index (χ3v) is 16.7. The highest BCUT2D eigenvalue weighted by molar-refractivity contribution is 7.22. The van der Waals surface area contributed by atoms with Crippen molar-refractivity contribution < 1.29 is 4.42 Å². The van der Waals surface area contributed by atoms with E-state index in [1.165, 1.54) is 31.7 Å². The second-order valence-corrected chi connectivity index (χ2v) is 18.5. The number of aromatic nitrogens is 3. The van der Waals surface area contributed by atoms with E-state index in [2.05, 4.69) is 199 Å². The summed E-state index contributed by atoms with van der Waals surface area (Å²) in [4.78, 5) is 11.3. The zero-order chi connectivity index (χ0) is 37.5. The molecule has 0 spiro atoms. The molecule has 8 aromatic carbocycles. The van der Waals surface area contributed by atoms with Crippen LogP contribution in [0.1, 0.15) is 0 Å². The van der Waals surface area contributed by atoms with Crippen LogP contribution in [0.5, 0.6) is 0 Å². The predicted molar refractivity (Wildman–Crippen MR) is 237 cm³/mol. The molecular formula is C52H33N3OSi. The Morgan fingerprint density at radius 2 is 1.07 bits per heavy atom. The Morgan fingerprint density at radius 3 is 1.86 bits per heavy atom. The molecule has 1 aliphatic heterocycles. The van der Waals surface area contributed by atoms with Crippen molar-refractivity contribution in [3.63, 3.8) is 0 Å². The maximum Gasteiger partial charge on any atom is 0.185 e. The lowest BCUT2D eigenvalue weighted by Crippen LogP contribution is -2.73. The molecule has 1 aliphatic rings. The first-order valence-electron chi connectivity index (χ1n) is 19.4. The van der Waals surface area contributed by atoms with Gasteiger partial charge in [-0.05, 0) is 45.9 Å². The number of nitrogens with zero attached hydrogens (tertiary/aromatic N) is 3. The van der Waals surface area contributed by atoms with Gasteiger partial charge in [-0.3, -0.25) is 0 Å². The van der Waals surface area contributed by atoms with Crippen LogP contribution in [0.25, 0.3) is 83.3 Å². The number of benzene rings is 8. The average molecular weight is 744 g/mol. The lowest BCUT2D eigenvalue weighted by atomic mass is 10.1. The molecule has 266 valence electrons. The van der Waals surface area contributed by atoms with Crippen molar-refractivity contribution in [2.45, 2.75) is 0 Å². The molecule has 0 unspecified atom stereocenters. The summed E-state index contributed by atoms with van der Waals surface area (Å²) in [7, 11) is -2.87. The zero-order valence-corrected chi connectivity index (χ0v) is 31.8. The Morgan fingerprint density at radius 1 is 0.456 bits per heavy atom. The minimum atomic E-state index is -2.87. The van der Waals surface area contributed by atoms with Crippen LogP contribution in [-0.4, -0.2) is 22.6 Å². The highest BCUT2D eigenvalue weighted by Gasteiger charge is 2.51. The van der Waals surface area contributed by atoms with Crippen LogP contribution in [0.4, 0.5) is 0 Å². The monoisotopic (exact) mass is 743 g/mol. The van der Waals surface area contributed by atoms with Gasteiger partial charge >= 0.3 is 0 Å². The summed E-state index contributed by atoms with van der Waals surface area (Å²) in [6.45, 7) is 0. The summed E-state index contributed by atoms with van der Waals surface area (Å²) in [5.41, 5.74) is 10.2. The van der Waals surface area contributed by atoms with Crippen LogP contribution in [0.2, 0.25) is 0 Å². The number of rotatable bonds is 5. The second kappa shape index (κ2) is 12.3. The Kier molecular flexibility index (Phi) is 6.91. The largest absolute Gasteiger partial charge is 0.454 e. The number of hydrogen-bond acceptors (Lipinski definition) is 3. The summed E-state index contributed by atoms with van der Waals surface area (Å²) < 4.78 is 9.02. The molecule has 5 heteroatoms. The highest BCUT2D eigenvalue weighted by atomic mass is 28.3. The van der Waals surface area contributed by atoms with E-state index in [1.807, 2.05) is 6.07 Å². The van der Waals surface area contributed by atoms with Gasteiger partial charge < -0.3 is 8.98 Å². The van der Waals surface area contributed by atoms with Crippen LogP contribution in [0.15, 0.2) is 205 Å². The minimum Gasteiger partial charge on any atom is -0.454 e. The fraction of sp³-hybridized carbons (Fsp3) is 0. The Hall–Kier alpha value is -7.34. The van der Waals surface area contributed by atoms with Gasteiger partial charge in [-0.2, -0.15) is 0 Å². The van der Waals surface area contributed by atoms with Gasteiger partial charge in [-0.25, -0.2) is 9.97 Å². The third kappa shape index (κ3) is 4.55. The van der Waals surface area contributed by atoms with Crippen LogP contribution >= 0.6 is 0 Å². The first-order chi connectivity index (χ1) is 28.3. The van der Waals surface area contributed by atoms with Crippen molar-refractivity contribution in [3.05, 3.63) is 200 Å². The molecule has 0 saturated heterocycles. The normalized spacial score (nSPS) is 13.1. The second-order valence-electron chi connectivity index (χ2n) is 14.9. The molecule has 0 aliphatic carbocycles. The standard InChI is InChI=1S/C52H33N3OSi/c1-4-17-34(18-5-1)47-51-48(43-27-12-15-30-46(43)57(51,37-21-6-2-7-22-37)38-23-8-3-9-24-38)54-52(53-47)35-19-16-20-36(33-35)55-44-28-13-10-25-39(44)41-31-32-42-40-26-11-14-29-45(40)56-50(42)49(41)55/h1-33H. The third-order valence-electron chi connectivity index (χ3n) is 11.9. The van der Waals surface area contributed by atoms with E-state index < -0.39 is 8.07 Å². The highest BCUT2D eigenvalue weighted by Crippen LogP contribution is 2.41. The molecule has 0 saturated carbocycles. The predicted octanol–water partition coefficient (Wildman–Crippen LogP) is 10.2. The fourth-order valence-corrected chi connectivity index (χ4v) is 14.8. The van der Waals surface area contributed by atoms with E-state index in [0.29, 0.717) is 5.82 Å². The molecule has 3 aromatic heterocycles. The van der Waals surface area contributed by atoms with E-state index >= 15 is 0 Å². The summed E-state index contributed by atoms with van der Waals surface area (Å²) >= 11 is 0. The van der Waals surface area contributed by atoms with Gasteiger partial charge in [0.1, 0.15) is 5.58 Å². The molecule has 0 N–H and O–H groups in total. The molecule has 0 bridgehead atoms. The van der Waals surface area contributed by atoms with E-state index in [1.54, 1.807) is 0 Å². The van der Waals surface area contributed by atoms with E-state index in [-0.39, 0.29) is 0 Å². The summed E-state index contributed by atoms with van der Waals surface area (Å²) in [6, 6.07) is 71.8. The molecule has 0 fully saturated rings. The van der Waals surface area contributed by atoms with Crippen molar-refractivity contribution in [2.75, 3.05) is 0 Å². The van der Waals surface area contributed by atoms with Gasteiger partial charge in [-0.1, -0.05) is 170 Å². The van der Waals surface area contributed by atoms with Gasteiger partial charge in [0.25, 0.3) is 0 Å². The van der Waals surface area contributed by atoms with Crippen molar-refractivity contribution in [1.82, 2.24) is 14.5 Å². The van der Waals surface area contributed by atoms with Crippen LogP contribution in [0, 0.1) is 0 Å². The number of fused-ring (bicyclic) bond motifs is 10. The maximum atomic E-state index is 6.67. The van der Waals surface area contributed by atoms with E-state index in [4.69, 9.17) is 14.4 Å². The average Bonchev–Trinajstić information content (AvgIpc) is 3.94. The van der Waals surface area contributed by atoms with Crippen LogP contribution < -0.4 is 20.7 Å². The molecule has 4 nitrogen and oxygen atoms in total. The molecule has 11 aromatic rings. The first-order valence-corrected chi connectivity index (χ1v) is 21.4. The van der Waals surface area contributed by atoms with E-state index in [0.717, 1.165) is 66.6 Å². The topological polar surface area (TPSA) is 43.9 Å². The lowest BCUT2D eigenvalue weighted by molar-refractivity contribution is 0.671. The number of para-hydroxylation sites is 2. The summed E-state index contributed by atoms with van der Waals surface area (Å²) in [6.07, 6.45) is 0. The zero-order valence-electron chi connectivity index (χ0n) is 30.8. The van der Waals surface area contributed by atoms with Crippen molar-refractivity contribution in [1.29, 1.82) is 0 Å². The quantitative estimate of drug-likeness (QED) is 0.165. The Bertz CT molecular complexity index is 3310. The van der Waals surface area contributed by atoms with Crippen LogP contribution in [-0.2, 0) is 0 Å².